The second-order valence-corrected chi connectivity index (χ2v) is 6.23. The number of rotatable bonds is 3. The average molecular weight is 265 g/mol. The van der Waals surface area contributed by atoms with Gasteiger partial charge in [0, 0.05) is 11.8 Å². The summed E-state index contributed by atoms with van der Waals surface area (Å²) >= 11 is 0. The monoisotopic (exact) mass is 265 g/mol. The van der Waals surface area contributed by atoms with Crippen LogP contribution >= 0.6 is 0 Å². The van der Waals surface area contributed by atoms with Crippen LogP contribution in [0.1, 0.15) is 62.5 Å². The fourth-order valence-corrected chi connectivity index (χ4v) is 3.16. The highest BCUT2D eigenvalue weighted by Crippen LogP contribution is 2.35. The van der Waals surface area contributed by atoms with Gasteiger partial charge in [-0.15, -0.1) is 0 Å². The number of benzene rings is 1. The molecular formula is C19H23N. The molecule has 0 bridgehead atoms. The van der Waals surface area contributed by atoms with Crippen LogP contribution in [0.2, 0.25) is 0 Å². The summed E-state index contributed by atoms with van der Waals surface area (Å²) in [5.41, 5.74) is 5.21. The van der Waals surface area contributed by atoms with E-state index in [-0.39, 0.29) is 0 Å². The summed E-state index contributed by atoms with van der Waals surface area (Å²) in [4.78, 5) is 4.56. The maximum absolute atomic E-state index is 4.56. The van der Waals surface area contributed by atoms with Gasteiger partial charge >= 0.3 is 0 Å². The van der Waals surface area contributed by atoms with Gasteiger partial charge in [0.15, 0.2) is 0 Å². The van der Waals surface area contributed by atoms with E-state index in [4.69, 9.17) is 0 Å². The Kier molecular flexibility index (Phi) is 3.86. The fraction of sp³-hybridized carbons (Fsp3) is 0.421. The zero-order valence-corrected chi connectivity index (χ0v) is 12.5. The van der Waals surface area contributed by atoms with E-state index in [0.29, 0.717) is 5.92 Å². The number of hydrogen-bond donors (Lipinski definition) is 0. The zero-order chi connectivity index (χ0) is 13.9. The summed E-state index contributed by atoms with van der Waals surface area (Å²) in [6.07, 6.45) is 7.42. The van der Waals surface area contributed by atoms with E-state index < -0.39 is 0 Å². The van der Waals surface area contributed by atoms with E-state index >= 15 is 0 Å². The maximum Gasteiger partial charge on any atom is 0.0704 e. The molecule has 1 aromatic heterocycles. The van der Waals surface area contributed by atoms with Gasteiger partial charge in [0.05, 0.1) is 5.69 Å². The molecule has 2 aromatic rings. The van der Waals surface area contributed by atoms with Crippen molar-refractivity contribution in [2.45, 2.75) is 51.4 Å². The van der Waals surface area contributed by atoms with E-state index in [2.05, 4.69) is 55.2 Å². The van der Waals surface area contributed by atoms with Gasteiger partial charge in [-0.1, -0.05) is 51.0 Å². The molecule has 0 amide bonds. The molecule has 1 saturated carbocycles. The topological polar surface area (TPSA) is 12.9 Å². The highest BCUT2D eigenvalue weighted by molar-refractivity contribution is 5.60. The Morgan fingerprint density at radius 1 is 1.00 bits per heavy atom. The molecule has 104 valence electrons. The number of nitrogens with zero attached hydrogens (tertiary/aromatic N) is 1. The van der Waals surface area contributed by atoms with Crippen LogP contribution in [-0.2, 0) is 0 Å². The van der Waals surface area contributed by atoms with Gasteiger partial charge in [-0.3, -0.25) is 4.98 Å². The Bertz CT molecular complexity index is 563. The molecular weight excluding hydrogens is 242 g/mol. The van der Waals surface area contributed by atoms with Crippen LogP contribution in [0, 0.1) is 0 Å². The van der Waals surface area contributed by atoms with Crippen molar-refractivity contribution in [2.24, 2.45) is 0 Å². The van der Waals surface area contributed by atoms with Crippen molar-refractivity contribution >= 4 is 0 Å². The molecule has 3 rings (SSSR count). The summed E-state index contributed by atoms with van der Waals surface area (Å²) < 4.78 is 0. The second kappa shape index (κ2) is 5.78. The van der Waals surface area contributed by atoms with Crippen molar-refractivity contribution in [1.29, 1.82) is 0 Å². The van der Waals surface area contributed by atoms with Crippen molar-refractivity contribution in [3.63, 3.8) is 0 Å². The lowest BCUT2D eigenvalue weighted by atomic mass is 9.96. The summed E-state index contributed by atoms with van der Waals surface area (Å²) in [7, 11) is 0. The van der Waals surface area contributed by atoms with Crippen LogP contribution in [-0.4, -0.2) is 4.98 Å². The molecule has 1 heterocycles. The minimum Gasteiger partial charge on any atom is -0.256 e. The highest BCUT2D eigenvalue weighted by Gasteiger charge is 2.17. The smallest absolute Gasteiger partial charge is 0.0704 e. The first kappa shape index (κ1) is 13.4. The first-order valence-corrected chi connectivity index (χ1v) is 7.80. The van der Waals surface area contributed by atoms with Gasteiger partial charge < -0.3 is 0 Å². The molecule has 0 spiro atoms. The van der Waals surface area contributed by atoms with E-state index in [9.17, 15) is 0 Å². The minimum atomic E-state index is 0.585. The first-order chi connectivity index (χ1) is 9.74. The van der Waals surface area contributed by atoms with Crippen molar-refractivity contribution in [3.05, 3.63) is 53.7 Å². The van der Waals surface area contributed by atoms with Gasteiger partial charge in [-0.25, -0.2) is 0 Å². The Balaban J connectivity index is 1.87. The number of hydrogen-bond acceptors (Lipinski definition) is 1. The molecule has 0 radical (unpaired) electrons. The van der Waals surface area contributed by atoms with Crippen LogP contribution in [0.4, 0.5) is 0 Å². The first-order valence-electron chi connectivity index (χ1n) is 7.80. The van der Waals surface area contributed by atoms with Crippen molar-refractivity contribution in [1.82, 2.24) is 4.98 Å². The molecule has 1 heteroatoms. The summed E-state index contributed by atoms with van der Waals surface area (Å²) in [5, 5.41) is 0. The van der Waals surface area contributed by atoms with Gasteiger partial charge in [-0.2, -0.15) is 0 Å². The van der Waals surface area contributed by atoms with Crippen LogP contribution in [0.25, 0.3) is 11.3 Å². The van der Waals surface area contributed by atoms with Crippen LogP contribution in [0.15, 0.2) is 42.6 Å². The third-order valence-corrected chi connectivity index (χ3v) is 4.48. The Morgan fingerprint density at radius 3 is 2.35 bits per heavy atom. The lowest BCUT2D eigenvalue weighted by Crippen LogP contribution is -1.94. The van der Waals surface area contributed by atoms with E-state index in [1.165, 1.54) is 42.4 Å². The molecule has 1 aliphatic carbocycles. The summed E-state index contributed by atoms with van der Waals surface area (Å²) in [6, 6.07) is 13.3. The standard InChI is InChI=1S/C19H23N/c1-14(2)15-7-9-17(10-8-15)19-13-18(11-12-20-19)16-5-3-4-6-16/h7-14,16H,3-6H2,1-2H3. The van der Waals surface area contributed by atoms with Gasteiger partial charge in [0.25, 0.3) is 0 Å². The fourth-order valence-electron chi connectivity index (χ4n) is 3.16. The number of pyridine rings is 1. The van der Waals surface area contributed by atoms with Gasteiger partial charge in [0.2, 0.25) is 0 Å². The lowest BCUT2D eigenvalue weighted by molar-refractivity contribution is 0.722. The predicted octanol–water partition coefficient (Wildman–Crippen LogP) is 5.53. The lowest BCUT2D eigenvalue weighted by Gasteiger charge is -2.11. The molecule has 1 nitrogen and oxygen atoms in total. The average Bonchev–Trinajstić information content (AvgIpc) is 3.02. The van der Waals surface area contributed by atoms with E-state index in [0.717, 1.165) is 11.6 Å². The van der Waals surface area contributed by atoms with Crippen molar-refractivity contribution in [3.8, 4) is 11.3 Å². The quantitative estimate of drug-likeness (QED) is 0.711. The van der Waals surface area contributed by atoms with Crippen molar-refractivity contribution < 1.29 is 0 Å². The molecule has 0 saturated heterocycles. The van der Waals surface area contributed by atoms with Gasteiger partial charge in [-0.05, 0) is 47.9 Å². The summed E-state index contributed by atoms with van der Waals surface area (Å²) in [5.74, 6) is 1.34. The molecule has 0 unspecified atom stereocenters. The van der Waals surface area contributed by atoms with E-state index in [1.807, 2.05) is 6.20 Å². The van der Waals surface area contributed by atoms with Gasteiger partial charge in [0.1, 0.15) is 0 Å². The SMILES string of the molecule is CC(C)c1ccc(-c2cc(C3CCCC3)ccn2)cc1. The van der Waals surface area contributed by atoms with Crippen LogP contribution in [0.3, 0.4) is 0 Å². The molecule has 0 N–H and O–H groups in total. The van der Waals surface area contributed by atoms with Crippen LogP contribution < -0.4 is 0 Å². The molecule has 0 atom stereocenters. The highest BCUT2D eigenvalue weighted by atomic mass is 14.7. The predicted molar refractivity (Wildman–Crippen MR) is 85.0 cm³/mol. The maximum atomic E-state index is 4.56. The summed E-state index contributed by atoms with van der Waals surface area (Å²) in [6.45, 7) is 4.46. The van der Waals surface area contributed by atoms with Crippen molar-refractivity contribution in [2.75, 3.05) is 0 Å². The molecule has 0 aliphatic heterocycles. The minimum absolute atomic E-state index is 0.585. The normalized spacial score (nSPS) is 15.9. The zero-order valence-electron chi connectivity index (χ0n) is 12.5. The Labute approximate surface area is 122 Å². The largest absolute Gasteiger partial charge is 0.256 e. The molecule has 1 aromatic carbocycles. The Hall–Kier alpha value is -1.63. The molecule has 20 heavy (non-hydrogen) atoms. The third kappa shape index (κ3) is 2.77. The third-order valence-electron chi connectivity index (χ3n) is 4.48. The molecule has 1 fully saturated rings. The van der Waals surface area contributed by atoms with Crippen LogP contribution in [0.5, 0.6) is 0 Å². The Morgan fingerprint density at radius 2 is 1.70 bits per heavy atom. The van der Waals surface area contributed by atoms with E-state index in [1.54, 1.807) is 0 Å². The molecule has 1 aliphatic rings. The number of aromatic nitrogens is 1. The second-order valence-electron chi connectivity index (χ2n) is 6.23.